The third kappa shape index (κ3) is 1.58. The van der Waals surface area contributed by atoms with Crippen LogP contribution in [0.5, 0.6) is 0 Å². The number of hydrogen-bond donors (Lipinski definition) is 1. The van der Waals surface area contributed by atoms with E-state index in [1.165, 1.54) is 0 Å². The van der Waals surface area contributed by atoms with E-state index in [9.17, 15) is 13.0 Å². The zero-order chi connectivity index (χ0) is 11.1. The molecule has 1 aromatic carbocycles. The smallest absolute Gasteiger partial charge is 0.274 e. The monoisotopic (exact) mass is 226 g/mol. The maximum Gasteiger partial charge on any atom is 0.274 e. The van der Waals surface area contributed by atoms with Gasteiger partial charge in [-0.1, -0.05) is 29.8 Å². The van der Waals surface area contributed by atoms with E-state index in [4.69, 9.17) is 0 Å². The van der Waals surface area contributed by atoms with Crippen molar-refractivity contribution in [3.05, 3.63) is 35.4 Å². The molecule has 0 atom stereocenters. The highest BCUT2D eigenvalue weighted by Gasteiger charge is 2.49. The van der Waals surface area contributed by atoms with Crippen molar-refractivity contribution in [1.82, 2.24) is 0 Å². The Balaban J connectivity index is 2.48. The van der Waals surface area contributed by atoms with Crippen molar-refractivity contribution in [2.24, 2.45) is 0 Å². The molecule has 1 N–H and O–H groups in total. The summed E-state index contributed by atoms with van der Waals surface area (Å²) in [5.41, 5.74) is 1.80. The van der Waals surface area contributed by atoms with Gasteiger partial charge in [0.1, 0.15) is 4.75 Å². The molecule has 1 saturated carbocycles. The molecule has 4 heteroatoms. The highest BCUT2D eigenvalue weighted by atomic mass is 32.2. The fourth-order valence-electron chi connectivity index (χ4n) is 2.05. The molecule has 0 aliphatic heterocycles. The number of benzene rings is 1. The lowest BCUT2D eigenvalue weighted by atomic mass is 9.79. The van der Waals surface area contributed by atoms with Crippen LogP contribution in [0.3, 0.4) is 0 Å². The van der Waals surface area contributed by atoms with Crippen LogP contribution in [0, 0.1) is 6.92 Å². The van der Waals surface area contributed by atoms with Crippen molar-refractivity contribution in [3.63, 3.8) is 0 Å². The second-order valence-corrected chi connectivity index (χ2v) is 5.92. The lowest BCUT2D eigenvalue weighted by Gasteiger charge is -2.38. The van der Waals surface area contributed by atoms with Crippen LogP contribution in [-0.4, -0.2) is 13.0 Å². The van der Waals surface area contributed by atoms with Crippen LogP contribution in [0.25, 0.3) is 0 Å². The van der Waals surface area contributed by atoms with Crippen molar-refractivity contribution in [2.75, 3.05) is 0 Å². The summed E-state index contributed by atoms with van der Waals surface area (Å²) >= 11 is 0. The topological polar surface area (TPSA) is 54.4 Å². The number of rotatable bonds is 2. The first-order valence-corrected chi connectivity index (χ1v) is 6.44. The summed E-state index contributed by atoms with van der Waals surface area (Å²) < 4.78 is 31.0. The van der Waals surface area contributed by atoms with Crippen LogP contribution in [0.4, 0.5) is 0 Å². The van der Waals surface area contributed by atoms with Crippen LogP contribution < -0.4 is 0 Å². The average Bonchev–Trinajstić information content (AvgIpc) is 2.03. The van der Waals surface area contributed by atoms with Gasteiger partial charge in [0.2, 0.25) is 0 Å². The zero-order valence-electron chi connectivity index (χ0n) is 8.60. The fraction of sp³-hybridized carbons (Fsp3) is 0.455. The van der Waals surface area contributed by atoms with E-state index in [2.05, 4.69) is 0 Å². The molecule has 2 rings (SSSR count). The second-order valence-electron chi connectivity index (χ2n) is 4.19. The first-order valence-electron chi connectivity index (χ1n) is 5.00. The SMILES string of the molecule is Cc1ccc(C2(S(=O)(=O)O)CCC2)cc1. The minimum absolute atomic E-state index is 0.523. The van der Waals surface area contributed by atoms with Gasteiger partial charge in [-0.25, -0.2) is 0 Å². The zero-order valence-corrected chi connectivity index (χ0v) is 9.42. The van der Waals surface area contributed by atoms with E-state index < -0.39 is 14.9 Å². The summed E-state index contributed by atoms with van der Waals surface area (Å²) in [6.07, 6.45) is 1.90. The van der Waals surface area contributed by atoms with E-state index in [-0.39, 0.29) is 0 Å². The Hall–Kier alpha value is -0.870. The third-order valence-electron chi connectivity index (χ3n) is 3.23. The summed E-state index contributed by atoms with van der Waals surface area (Å²) in [5, 5.41) is 0. The summed E-state index contributed by atoms with van der Waals surface area (Å²) in [7, 11) is -3.99. The first kappa shape index (κ1) is 10.6. The maximum atomic E-state index is 11.4. The van der Waals surface area contributed by atoms with Crippen molar-refractivity contribution in [3.8, 4) is 0 Å². The molecular formula is C11H14O3S. The van der Waals surface area contributed by atoms with Gasteiger partial charge >= 0.3 is 0 Å². The van der Waals surface area contributed by atoms with Crippen molar-refractivity contribution < 1.29 is 13.0 Å². The molecule has 0 unspecified atom stereocenters. The largest absolute Gasteiger partial charge is 0.285 e. The van der Waals surface area contributed by atoms with Gasteiger partial charge in [-0.15, -0.1) is 0 Å². The van der Waals surface area contributed by atoms with E-state index in [0.29, 0.717) is 18.4 Å². The van der Waals surface area contributed by atoms with Gasteiger partial charge in [0.05, 0.1) is 0 Å². The lowest BCUT2D eigenvalue weighted by Crippen LogP contribution is -2.41. The van der Waals surface area contributed by atoms with Crippen molar-refractivity contribution in [2.45, 2.75) is 30.9 Å². The van der Waals surface area contributed by atoms with Crippen LogP contribution >= 0.6 is 0 Å². The van der Waals surface area contributed by atoms with Crippen molar-refractivity contribution in [1.29, 1.82) is 0 Å². The summed E-state index contributed by atoms with van der Waals surface area (Å²) in [5.74, 6) is 0. The Morgan fingerprint density at radius 2 is 1.73 bits per heavy atom. The van der Waals surface area contributed by atoms with Crippen LogP contribution in [-0.2, 0) is 14.9 Å². The third-order valence-corrected chi connectivity index (χ3v) is 4.86. The molecule has 0 spiro atoms. The Labute approximate surface area is 89.9 Å². The number of hydrogen-bond acceptors (Lipinski definition) is 2. The highest BCUT2D eigenvalue weighted by molar-refractivity contribution is 7.86. The van der Waals surface area contributed by atoms with Gasteiger partial charge < -0.3 is 0 Å². The molecule has 0 amide bonds. The molecule has 0 saturated heterocycles. The molecule has 15 heavy (non-hydrogen) atoms. The lowest BCUT2D eigenvalue weighted by molar-refractivity contribution is 0.311. The van der Waals surface area contributed by atoms with Gasteiger partial charge in [0.25, 0.3) is 10.1 Å². The fourth-order valence-corrected chi connectivity index (χ4v) is 3.29. The Morgan fingerprint density at radius 1 is 1.20 bits per heavy atom. The Kier molecular flexibility index (Phi) is 2.35. The van der Waals surface area contributed by atoms with Crippen LogP contribution in [0.1, 0.15) is 30.4 Å². The van der Waals surface area contributed by atoms with E-state index in [0.717, 1.165) is 12.0 Å². The predicted molar refractivity (Wildman–Crippen MR) is 58.3 cm³/mol. The van der Waals surface area contributed by atoms with Crippen LogP contribution in [0.15, 0.2) is 24.3 Å². The molecule has 82 valence electrons. The maximum absolute atomic E-state index is 11.4. The quantitative estimate of drug-likeness (QED) is 0.787. The van der Waals surface area contributed by atoms with Crippen molar-refractivity contribution >= 4 is 10.1 Å². The highest BCUT2D eigenvalue weighted by Crippen LogP contribution is 2.47. The molecular weight excluding hydrogens is 212 g/mol. The first-order chi connectivity index (χ1) is 6.96. The van der Waals surface area contributed by atoms with Gasteiger partial charge in [-0.3, -0.25) is 4.55 Å². The van der Waals surface area contributed by atoms with Gasteiger partial charge in [-0.05, 0) is 31.7 Å². The predicted octanol–water partition coefficient (Wildman–Crippen LogP) is 2.26. The van der Waals surface area contributed by atoms with Gasteiger partial charge in [0, 0.05) is 0 Å². The molecule has 1 fully saturated rings. The second kappa shape index (κ2) is 3.32. The van der Waals surface area contributed by atoms with Crippen LogP contribution in [0.2, 0.25) is 0 Å². The summed E-state index contributed by atoms with van der Waals surface area (Å²) in [6.45, 7) is 1.95. The Bertz CT molecular complexity index is 455. The number of aryl methyl sites for hydroxylation is 1. The Morgan fingerprint density at radius 3 is 2.07 bits per heavy atom. The molecule has 3 nitrogen and oxygen atoms in total. The molecule has 0 heterocycles. The van der Waals surface area contributed by atoms with E-state index in [1.54, 1.807) is 12.1 Å². The van der Waals surface area contributed by atoms with Gasteiger partial charge in [0.15, 0.2) is 0 Å². The summed E-state index contributed by atoms with van der Waals surface area (Å²) in [4.78, 5) is 0. The standard InChI is InChI=1S/C11H14O3S/c1-9-3-5-10(6-4-9)11(7-2-8-11)15(12,13)14/h3-6H,2,7-8H2,1H3,(H,12,13,14). The normalized spacial score (nSPS) is 19.6. The van der Waals surface area contributed by atoms with E-state index >= 15 is 0 Å². The molecule has 1 aliphatic rings. The average molecular weight is 226 g/mol. The minimum atomic E-state index is -3.99. The van der Waals surface area contributed by atoms with E-state index in [1.807, 2.05) is 19.1 Å². The minimum Gasteiger partial charge on any atom is -0.285 e. The molecule has 1 aliphatic carbocycles. The molecule has 0 bridgehead atoms. The molecule has 0 aromatic heterocycles. The molecule has 0 radical (unpaired) electrons. The van der Waals surface area contributed by atoms with Gasteiger partial charge in [-0.2, -0.15) is 8.42 Å². The molecule has 1 aromatic rings. The summed E-state index contributed by atoms with van der Waals surface area (Å²) in [6, 6.07) is 7.34.